The van der Waals surface area contributed by atoms with E-state index in [4.69, 9.17) is 5.21 Å². The maximum Gasteiger partial charge on any atom is 0.0648 e. The van der Waals surface area contributed by atoms with Crippen molar-refractivity contribution in [2.45, 2.75) is 51.0 Å². The molecule has 3 aliphatic rings. The van der Waals surface area contributed by atoms with Crippen molar-refractivity contribution in [3.05, 3.63) is 0 Å². The summed E-state index contributed by atoms with van der Waals surface area (Å²) in [6.07, 6.45) is 9.21. The van der Waals surface area contributed by atoms with Crippen LogP contribution in [0.1, 0.15) is 44.9 Å². The molecule has 3 fully saturated rings. The van der Waals surface area contributed by atoms with Crippen LogP contribution in [0.25, 0.3) is 0 Å². The standard InChI is InChI=1S/C13H22N2O/c16-14-13-10-4-6-11(13)12(7-5-10)15-8-2-1-3-9-15/h10-12,16H,1-9H2/b14-13-. The second-order valence-electron chi connectivity index (χ2n) is 5.65. The van der Waals surface area contributed by atoms with Crippen LogP contribution in [0.2, 0.25) is 0 Å². The van der Waals surface area contributed by atoms with Crippen LogP contribution in [0.3, 0.4) is 0 Å². The van der Waals surface area contributed by atoms with Gasteiger partial charge in [0.25, 0.3) is 0 Å². The zero-order chi connectivity index (χ0) is 11.0. The van der Waals surface area contributed by atoms with Gasteiger partial charge in [-0.15, -0.1) is 0 Å². The van der Waals surface area contributed by atoms with Crippen molar-refractivity contribution in [2.24, 2.45) is 17.0 Å². The van der Waals surface area contributed by atoms with E-state index in [1.165, 1.54) is 58.0 Å². The maximum atomic E-state index is 9.16. The monoisotopic (exact) mass is 222 g/mol. The molecule has 3 atom stereocenters. The highest BCUT2D eigenvalue weighted by molar-refractivity contribution is 5.91. The van der Waals surface area contributed by atoms with Gasteiger partial charge in [-0.1, -0.05) is 11.6 Å². The lowest BCUT2D eigenvalue weighted by molar-refractivity contribution is 0.123. The number of rotatable bonds is 1. The molecule has 1 aliphatic heterocycles. The van der Waals surface area contributed by atoms with E-state index >= 15 is 0 Å². The normalized spacial score (nSPS) is 42.8. The molecule has 0 aromatic rings. The number of nitrogens with zero attached hydrogens (tertiary/aromatic N) is 2. The third-order valence-electron chi connectivity index (χ3n) is 4.87. The molecule has 1 N–H and O–H groups in total. The van der Waals surface area contributed by atoms with Gasteiger partial charge in [-0.25, -0.2) is 0 Å². The average Bonchev–Trinajstić information content (AvgIpc) is 2.63. The minimum absolute atomic E-state index is 0.571. The van der Waals surface area contributed by atoms with Gasteiger partial charge in [0, 0.05) is 17.9 Å². The van der Waals surface area contributed by atoms with Crippen LogP contribution in [0, 0.1) is 11.8 Å². The summed E-state index contributed by atoms with van der Waals surface area (Å²) in [6.45, 7) is 2.54. The molecular formula is C13H22N2O. The molecule has 2 bridgehead atoms. The predicted molar refractivity (Wildman–Crippen MR) is 63.9 cm³/mol. The van der Waals surface area contributed by atoms with Crippen molar-refractivity contribution in [1.82, 2.24) is 4.90 Å². The van der Waals surface area contributed by atoms with E-state index in [9.17, 15) is 0 Å². The molecule has 1 saturated heterocycles. The summed E-state index contributed by atoms with van der Waals surface area (Å²) in [5.74, 6) is 1.18. The summed E-state index contributed by atoms with van der Waals surface area (Å²) in [4.78, 5) is 2.67. The zero-order valence-corrected chi connectivity index (χ0v) is 9.94. The lowest BCUT2D eigenvalue weighted by Crippen LogP contribution is -2.47. The van der Waals surface area contributed by atoms with Crippen molar-refractivity contribution >= 4 is 5.71 Å². The zero-order valence-electron chi connectivity index (χ0n) is 9.94. The first-order chi connectivity index (χ1) is 7.90. The van der Waals surface area contributed by atoms with Crippen LogP contribution in [0.15, 0.2) is 5.16 Å². The van der Waals surface area contributed by atoms with Crippen molar-refractivity contribution in [1.29, 1.82) is 0 Å². The van der Waals surface area contributed by atoms with Gasteiger partial charge in [0.05, 0.1) is 5.71 Å². The number of piperidine rings is 1. The second kappa shape index (κ2) is 4.36. The maximum absolute atomic E-state index is 9.16. The third kappa shape index (κ3) is 1.65. The highest BCUT2D eigenvalue weighted by Crippen LogP contribution is 2.42. The molecule has 3 unspecified atom stereocenters. The van der Waals surface area contributed by atoms with Gasteiger partial charge < -0.3 is 5.21 Å². The van der Waals surface area contributed by atoms with Gasteiger partial charge in [-0.2, -0.15) is 0 Å². The summed E-state index contributed by atoms with van der Waals surface area (Å²) in [5.41, 5.74) is 1.13. The first-order valence-corrected chi connectivity index (χ1v) is 6.86. The second-order valence-corrected chi connectivity index (χ2v) is 5.65. The highest BCUT2D eigenvalue weighted by atomic mass is 16.4. The SMILES string of the molecule is O/N=C1/C2CCC1C(N1CCCCC1)CC2. The van der Waals surface area contributed by atoms with E-state index in [1.807, 2.05) is 0 Å². The van der Waals surface area contributed by atoms with Crippen molar-refractivity contribution in [3.8, 4) is 0 Å². The van der Waals surface area contributed by atoms with E-state index in [0.717, 1.165) is 5.71 Å². The van der Waals surface area contributed by atoms with E-state index < -0.39 is 0 Å². The van der Waals surface area contributed by atoms with Gasteiger partial charge in [-0.3, -0.25) is 4.90 Å². The smallest absolute Gasteiger partial charge is 0.0648 e. The quantitative estimate of drug-likeness (QED) is 0.546. The van der Waals surface area contributed by atoms with Crippen LogP contribution < -0.4 is 0 Å². The summed E-state index contributed by atoms with van der Waals surface area (Å²) in [6, 6.07) is 0.685. The van der Waals surface area contributed by atoms with Crippen LogP contribution in [0.5, 0.6) is 0 Å². The summed E-state index contributed by atoms with van der Waals surface area (Å²) < 4.78 is 0. The van der Waals surface area contributed by atoms with E-state index in [2.05, 4.69) is 10.1 Å². The number of fused-ring (bicyclic) bond motifs is 2. The predicted octanol–water partition coefficient (Wildman–Crippen LogP) is 2.49. The lowest BCUT2D eigenvalue weighted by Gasteiger charge is -2.40. The molecule has 0 amide bonds. The summed E-state index contributed by atoms with van der Waals surface area (Å²) >= 11 is 0. The third-order valence-corrected chi connectivity index (χ3v) is 4.87. The molecular weight excluding hydrogens is 200 g/mol. The molecule has 3 rings (SSSR count). The Hall–Kier alpha value is -0.570. The Labute approximate surface area is 97.5 Å². The number of likely N-dealkylation sites (tertiary alicyclic amines) is 1. The van der Waals surface area contributed by atoms with Crippen LogP contribution >= 0.6 is 0 Å². The Morgan fingerprint density at radius 3 is 2.50 bits per heavy atom. The molecule has 1 heterocycles. The Kier molecular flexibility index (Phi) is 2.88. The van der Waals surface area contributed by atoms with E-state index in [0.29, 0.717) is 17.9 Å². The summed E-state index contributed by atoms with van der Waals surface area (Å²) in [5, 5.41) is 12.8. The Balaban J connectivity index is 1.75. The van der Waals surface area contributed by atoms with E-state index in [1.54, 1.807) is 0 Å². The molecule has 16 heavy (non-hydrogen) atoms. The Bertz CT molecular complexity index is 284. The fourth-order valence-corrected chi connectivity index (χ4v) is 4.08. The molecule has 0 aromatic carbocycles. The largest absolute Gasteiger partial charge is 0.411 e. The fourth-order valence-electron chi connectivity index (χ4n) is 4.08. The lowest BCUT2D eigenvalue weighted by atomic mass is 9.81. The molecule has 3 nitrogen and oxygen atoms in total. The number of hydrogen-bond donors (Lipinski definition) is 1. The highest BCUT2D eigenvalue weighted by Gasteiger charge is 2.44. The molecule has 0 radical (unpaired) electrons. The van der Waals surface area contributed by atoms with Gasteiger partial charge >= 0.3 is 0 Å². The van der Waals surface area contributed by atoms with Crippen molar-refractivity contribution < 1.29 is 5.21 Å². The van der Waals surface area contributed by atoms with Crippen LogP contribution in [0.4, 0.5) is 0 Å². The fraction of sp³-hybridized carbons (Fsp3) is 0.923. The Morgan fingerprint density at radius 1 is 1.00 bits per heavy atom. The first-order valence-electron chi connectivity index (χ1n) is 6.86. The topological polar surface area (TPSA) is 35.8 Å². The van der Waals surface area contributed by atoms with Gasteiger partial charge in [0.15, 0.2) is 0 Å². The van der Waals surface area contributed by atoms with Crippen LogP contribution in [-0.4, -0.2) is 35.0 Å². The number of hydrogen-bond acceptors (Lipinski definition) is 3. The molecule has 2 aliphatic carbocycles. The number of oxime groups is 1. The van der Waals surface area contributed by atoms with Gasteiger partial charge in [0.2, 0.25) is 0 Å². The molecule has 0 aromatic heterocycles. The van der Waals surface area contributed by atoms with Gasteiger partial charge in [0.1, 0.15) is 0 Å². The van der Waals surface area contributed by atoms with Crippen molar-refractivity contribution in [2.75, 3.05) is 13.1 Å². The summed E-state index contributed by atoms with van der Waals surface area (Å²) in [7, 11) is 0. The molecule has 0 spiro atoms. The molecule has 3 heteroatoms. The van der Waals surface area contributed by atoms with Gasteiger partial charge in [-0.05, 0) is 51.6 Å². The minimum atomic E-state index is 0.571. The Morgan fingerprint density at radius 2 is 1.75 bits per heavy atom. The van der Waals surface area contributed by atoms with E-state index in [-0.39, 0.29) is 0 Å². The molecule has 90 valence electrons. The minimum Gasteiger partial charge on any atom is -0.411 e. The van der Waals surface area contributed by atoms with Crippen molar-refractivity contribution in [3.63, 3.8) is 0 Å². The van der Waals surface area contributed by atoms with Crippen LogP contribution in [-0.2, 0) is 0 Å². The average molecular weight is 222 g/mol. The molecule has 2 saturated carbocycles. The first kappa shape index (κ1) is 10.6.